The molecule has 6 heteroatoms. The lowest BCUT2D eigenvalue weighted by atomic mass is 10.1. The number of Topliss-reactive ketones (excluding diaryl/α,β-unsaturated/α-hetero) is 2. The number of ether oxygens (including phenoxy) is 2. The van der Waals surface area contributed by atoms with Crippen LogP contribution in [0, 0.1) is 6.92 Å². The molecular weight excluding hydrogens is 406 g/mol. The highest BCUT2D eigenvalue weighted by atomic mass is 16.6. The summed E-state index contributed by atoms with van der Waals surface area (Å²) in [4.78, 5) is 37.6. The van der Waals surface area contributed by atoms with E-state index in [-0.39, 0.29) is 22.9 Å². The van der Waals surface area contributed by atoms with Gasteiger partial charge in [-0.2, -0.15) is 0 Å². The summed E-state index contributed by atoms with van der Waals surface area (Å²) in [7, 11) is 0. The number of allylic oxidation sites excluding steroid dienone is 1. The molecule has 0 spiro atoms. The van der Waals surface area contributed by atoms with E-state index in [4.69, 9.17) is 9.47 Å². The van der Waals surface area contributed by atoms with Crippen LogP contribution in [0.1, 0.15) is 38.8 Å². The fraction of sp³-hybridized carbons (Fsp3) is 0.115. The summed E-state index contributed by atoms with van der Waals surface area (Å²) in [6.07, 6.45) is 0.878. The van der Waals surface area contributed by atoms with E-state index in [1.807, 2.05) is 32.0 Å². The smallest absolute Gasteiger partial charge is 0.417 e. The largest absolute Gasteiger partial charge is 0.490 e. The second kappa shape index (κ2) is 8.89. The summed E-state index contributed by atoms with van der Waals surface area (Å²) in [6.45, 7) is 4.08. The van der Waals surface area contributed by atoms with E-state index in [1.54, 1.807) is 48.5 Å². The molecule has 6 nitrogen and oxygen atoms in total. The molecule has 1 N–H and O–H groups in total. The monoisotopic (exact) mass is 427 g/mol. The molecule has 32 heavy (non-hydrogen) atoms. The molecule has 0 fully saturated rings. The van der Waals surface area contributed by atoms with Crippen molar-refractivity contribution in [1.82, 2.24) is 0 Å². The van der Waals surface area contributed by atoms with E-state index < -0.39 is 6.09 Å². The van der Waals surface area contributed by atoms with Gasteiger partial charge in [0.15, 0.2) is 23.1 Å². The van der Waals surface area contributed by atoms with E-state index in [9.17, 15) is 14.4 Å². The summed E-state index contributed by atoms with van der Waals surface area (Å²) in [5.74, 6) is -0.0500. The molecule has 0 saturated heterocycles. The van der Waals surface area contributed by atoms with Gasteiger partial charge in [-0.05, 0) is 55.3 Å². The summed E-state index contributed by atoms with van der Waals surface area (Å²) >= 11 is 0. The number of aryl methyl sites for hydroxylation is 1. The van der Waals surface area contributed by atoms with Gasteiger partial charge < -0.3 is 9.47 Å². The highest BCUT2D eigenvalue weighted by molar-refractivity contribution is 6.41. The minimum Gasteiger partial charge on any atom is -0.490 e. The van der Waals surface area contributed by atoms with Crippen LogP contribution in [0.4, 0.5) is 10.5 Å². The number of hydrogen-bond donors (Lipinski definition) is 1. The van der Waals surface area contributed by atoms with Crippen LogP contribution in [0.2, 0.25) is 0 Å². The zero-order valence-corrected chi connectivity index (χ0v) is 17.7. The Morgan fingerprint density at radius 2 is 1.62 bits per heavy atom. The first kappa shape index (κ1) is 21.1. The lowest BCUT2D eigenvalue weighted by Crippen LogP contribution is -2.17. The summed E-state index contributed by atoms with van der Waals surface area (Å²) < 4.78 is 11.1. The number of carbonyl (C=O) groups excluding carboxylic acids is 3. The minimum absolute atomic E-state index is 0.0968. The Hall–Kier alpha value is -4.19. The maximum absolute atomic E-state index is 12.6. The van der Waals surface area contributed by atoms with Crippen LogP contribution in [0.5, 0.6) is 11.5 Å². The van der Waals surface area contributed by atoms with Gasteiger partial charge in [0.2, 0.25) is 0 Å². The predicted molar refractivity (Wildman–Crippen MR) is 122 cm³/mol. The number of anilines is 1. The molecule has 4 rings (SSSR count). The van der Waals surface area contributed by atoms with Crippen molar-refractivity contribution in [1.29, 1.82) is 0 Å². The Morgan fingerprint density at radius 3 is 2.28 bits per heavy atom. The third kappa shape index (κ3) is 4.30. The normalized spacial score (nSPS) is 12.4. The summed E-state index contributed by atoms with van der Waals surface area (Å²) in [5, 5.41) is 2.68. The number of ketones is 2. The molecule has 1 aliphatic rings. The predicted octanol–water partition coefficient (Wildman–Crippen LogP) is 5.47. The number of benzene rings is 3. The van der Waals surface area contributed by atoms with Crippen LogP contribution in [-0.4, -0.2) is 24.3 Å². The fourth-order valence-electron chi connectivity index (χ4n) is 3.50. The number of carbonyl (C=O) groups is 3. The van der Waals surface area contributed by atoms with E-state index in [0.717, 1.165) is 5.56 Å². The second-order valence-corrected chi connectivity index (χ2v) is 7.29. The summed E-state index contributed by atoms with van der Waals surface area (Å²) in [5.41, 5.74) is 3.12. The molecule has 1 aliphatic carbocycles. The number of nitrogens with one attached hydrogen (secondary N) is 1. The van der Waals surface area contributed by atoms with Crippen molar-refractivity contribution in [2.45, 2.75) is 13.8 Å². The highest BCUT2D eigenvalue weighted by Crippen LogP contribution is 2.32. The van der Waals surface area contributed by atoms with Crippen molar-refractivity contribution in [3.8, 4) is 11.5 Å². The van der Waals surface area contributed by atoms with Gasteiger partial charge in [0.1, 0.15) is 0 Å². The first-order valence-corrected chi connectivity index (χ1v) is 10.2. The van der Waals surface area contributed by atoms with Crippen LogP contribution in [0.25, 0.3) is 6.08 Å². The zero-order valence-electron chi connectivity index (χ0n) is 17.7. The Kier molecular flexibility index (Phi) is 5.85. The van der Waals surface area contributed by atoms with Crippen molar-refractivity contribution in [3.63, 3.8) is 0 Å². The Labute approximate surface area is 185 Å². The molecule has 3 aromatic rings. The van der Waals surface area contributed by atoms with Crippen LogP contribution < -0.4 is 14.8 Å². The van der Waals surface area contributed by atoms with Gasteiger partial charge >= 0.3 is 6.09 Å². The van der Waals surface area contributed by atoms with Crippen molar-refractivity contribution in [2.75, 3.05) is 11.9 Å². The van der Waals surface area contributed by atoms with E-state index in [1.165, 1.54) is 6.08 Å². The lowest BCUT2D eigenvalue weighted by Gasteiger charge is -2.12. The Bertz CT molecular complexity index is 1220. The van der Waals surface area contributed by atoms with Crippen molar-refractivity contribution in [2.24, 2.45) is 0 Å². The molecule has 0 bridgehead atoms. The fourth-order valence-corrected chi connectivity index (χ4v) is 3.50. The van der Waals surface area contributed by atoms with Crippen molar-refractivity contribution in [3.05, 3.63) is 94.6 Å². The topological polar surface area (TPSA) is 81.7 Å². The molecule has 160 valence electrons. The number of amides is 1. The number of rotatable bonds is 5. The maximum atomic E-state index is 12.6. The van der Waals surface area contributed by atoms with Gasteiger partial charge in [0, 0.05) is 16.8 Å². The average molecular weight is 427 g/mol. The molecule has 0 aliphatic heterocycles. The second-order valence-electron chi connectivity index (χ2n) is 7.29. The highest BCUT2D eigenvalue weighted by Gasteiger charge is 2.32. The third-order valence-electron chi connectivity index (χ3n) is 4.95. The summed E-state index contributed by atoms with van der Waals surface area (Å²) in [6, 6.07) is 19.0. The molecular formula is C26H21NO5. The van der Waals surface area contributed by atoms with Crippen LogP contribution >= 0.6 is 0 Å². The van der Waals surface area contributed by atoms with Crippen molar-refractivity contribution < 1.29 is 23.9 Å². The molecule has 0 aromatic heterocycles. The maximum Gasteiger partial charge on any atom is 0.417 e. The van der Waals surface area contributed by atoms with Crippen molar-refractivity contribution >= 4 is 29.4 Å². The minimum atomic E-state index is -0.653. The van der Waals surface area contributed by atoms with Gasteiger partial charge in [0.05, 0.1) is 12.2 Å². The van der Waals surface area contributed by atoms with Gasteiger partial charge in [-0.15, -0.1) is 0 Å². The molecule has 0 saturated carbocycles. The number of hydrogen-bond acceptors (Lipinski definition) is 5. The quantitative estimate of drug-likeness (QED) is 0.431. The Morgan fingerprint density at radius 1 is 0.906 bits per heavy atom. The zero-order chi connectivity index (χ0) is 22.7. The van der Waals surface area contributed by atoms with Crippen LogP contribution in [0.15, 0.2) is 72.3 Å². The van der Waals surface area contributed by atoms with Gasteiger partial charge in [-0.1, -0.05) is 42.5 Å². The average Bonchev–Trinajstić information content (AvgIpc) is 3.01. The van der Waals surface area contributed by atoms with Gasteiger partial charge in [-0.3, -0.25) is 14.9 Å². The third-order valence-corrected chi connectivity index (χ3v) is 4.95. The molecule has 0 heterocycles. The molecule has 0 unspecified atom stereocenters. The standard InChI is InChI=1S/C26H21NO5/c1-3-31-23-15-17(14-21-24(28)19-9-4-5-10-20(19)25(21)29)11-12-22(23)32-26(30)27-18-8-6-7-16(2)13-18/h4-15H,3H2,1-2H3,(H,27,30). The molecule has 1 amide bonds. The van der Waals surface area contributed by atoms with Crippen LogP contribution in [0.3, 0.4) is 0 Å². The van der Waals surface area contributed by atoms with Gasteiger partial charge in [-0.25, -0.2) is 4.79 Å². The lowest BCUT2D eigenvalue weighted by molar-refractivity contribution is 0.0990. The molecule has 3 aromatic carbocycles. The van der Waals surface area contributed by atoms with Gasteiger partial charge in [0.25, 0.3) is 0 Å². The molecule has 0 atom stereocenters. The van der Waals surface area contributed by atoms with E-state index in [0.29, 0.717) is 34.7 Å². The van der Waals surface area contributed by atoms with Crippen LogP contribution in [-0.2, 0) is 0 Å². The Balaban J connectivity index is 1.57. The molecule has 0 radical (unpaired) electrons. The van der Waals surface area contributed by atoms with E-state index >= 15 is 0 Å². The van der Waals surface area contributed by atoms with E-state index in [2.05, 4.69) is 5.32 Å². The first-order valence-electron chi connectivity index (χ1n) is 10.2. The first-order chi connectivity index (χ1) is 15.5. The SMILES string of the molecule is CCOc1cc(C=C2C(=O)c3ccccc3C2=O)ccc1OC(=O)Nc1cccc(C)c1. The number of fused-ring (bicyclic) bond motifs is 1.